The molecule has 0 radical (unpaired) electrons. The van der Waals surface area contributed by atoms with Crippen molar-refractivity contribution in [2.45, 2.75) is 78.2 Å². The fourth-order valence-corrected chi connectivity index (χ4v) is 5.06. The number of amides is 2. The predicted molar refractivity (Wildman–Crippen MR) is 147 cm³/mol. The Morgan fingerprint density at radius 1 is 1.03 bits per heavy atom. The number of hydrogen-bond donors (Lipinski definition) is 1. The Morgan fingerprint density at radius 3 is 2.15 bits per heavy atom. The van der Waals surface area contributed by atoms with Crippen molar-refractivity contribution in [2.75, 3.05) is 17.1 Å². The highest BCUT2D eigenvalue weighted by Crippen LogP contribution is 2.32. The van der Waals surface area contributed by atoms with Crippen molar-refractivity contribution in [1.82, 2.24) is 10.2 Å². The first kappa shape index (κ1) is 32.1. The maximum absolute atomic E-state index is 13.5. The highest BCUT2D eigenvalue weighted by Gasteiger charge is 2.32. The van der Waals surface area contributed by atoms with Crippen molar-refractivity contribution in [3.63, 3.8) is 0 Å². The fraction of sp³-hybridized carbons (Fsp3) is 0.500. The highest BCUT2D eigenvalue weighted by molar-refractivity contribution is 7.92. The van der Waals surface area contributed by atoms with Gasteiger partial charge in [-0.25, -0.2) is 8.42 Å². The van der Waals surface area contributed by atoms with E-state index in [-0.39, 0.29) is 43.4 Å². The van der Waals surface area contributed by atoms with Crippen LogP contribution in [0.3, 0.4) is 0 Å². The molecule has 0 aliphatic carbocycles. The smallest absolute Gasteiger partial charge is 0.350 e. The van der Waals surface area contributed by atoms with Gasteiger partial charge < -0.3 is 10.2 Å². The van der Waals surface area contributed by atoms with Crippen LogP contribution in [-0.4, -0.2) is 49.5 Å². The van der Waals surface area contributed by atoms with E-state index in [1.165, 1.54) is 11.0 Å². The standard InChI is InChI=1S/C28H38F3N3O4S/c1-7-24(26(36)32-27(3,4)5)33(19-21-15-13-20(2)14-16-21)25(35)12-9-17-34(39(6,37)38)23-11-8-10-22(18-23)28(29,30)31/h8,10-11,13-16,18,24H,7,9,12,17,19H2,1-6H3,(H,32,36)/t24-/m0/s1. The zero-order valence-electron chi connectivity index (χ0n) is 23.3. The third-order valence-corrected chi connectivity index (χ3v) is 7.17. The first-order chi connectivity index (χ1) is 17.9. The van der Waals surface area contributed by atoms with Gasteiger partial charge in [-0.1, -0.05) is 42.8 Å². The number of hydrogen-bond acceptors (Lipinski definition) is 4. The molecule has 0 aromatic heterocycles. The molecule has 2 rings (SSSR count). The zero-order chi connectivity index (χ0) is 29.6. The zero-order valence-corrected chi connectivity index (χ0v) is 24.1. The van der Waals surface area contributed by atoms with E-state index in [2.05, 4.69) is 5.32 Å². The summed E-state index contributed by atoms with van der Waals surface area (Å²) in [4.78, 5) is 28.1. The Hall–Kier alpha value is -3.08. The van der Waals surface area contributed by atoms with Gasteiger partial charge in [-0.15, -0.1) is 0 Å². The van der Waals surface area contributed by atoms with Crippen LogP contribution in [0, 0.1) is 6.92 Å². The minimum absolute atomic E-state index is 0.0455. The molecule has 0 bridgehead atoms. The molecule has 2 aromatic carbocycles. The van der Waals surface area contributed by atoms with Gasteiger partial charge in [0.05, 0.1) is 17.5 Å². The first-order valence-electron chi connectivity index (χ1n) is 12.7. The molecular formula is C28H38F3N3O4S. The highest BCUT2D eigenvalue weighted by atomic mass is 32.2. The molecular weight excluding hydrogens is 531 g/mol. The summed E-state index contributed by atoms with van der Waals surface area (Å²) in [5.74, 6) is -0.656. The van der Waals surface area contributed by atoms with E-state index in [0.717, 1.165) is 39.9 Å². The lowest BCUT2D eigenvalue weighted by molar-refractivity contribution is -0.142. The first-order valence-corrected chi connectivity index (χ1v) is 14.6. The van der Waals surface area contributed by atoms with Crippen LogP contribution in [0.15, 0.2) is 48.5 Å². The molecule has 11 heteroatoms. The van der Waals surface area contributed by atoms with Gasteiger partial charge in [-0.05, 0) is 64.3 Å². The molecule has 0 aliphatic rings. The maximum atomic E-state index is 13.5. The van der Waals surface area contributed by atoms with Crippen LogP contribution >= 0.6 is 0 Å². The Bertz CT molecular complexity index is 1240. The van der Waals surface area contributed by atoms with E-state index in [0.29, 0.717) is 6.42 Å². The molecule has 1 atom stereocenters. The molecule has 1 N–H and O–H groups in total. The van der Waals surface area contributed by atoms with Gasteiger partial charge in [0.2, 0.25) is 21.8 Å². The lowest BCUT2D eigenvalue weighted by Crippen LogP contribution is -2.53. The molecule has 0 aliphatic heterocycles. The number of alkyl halides is 3. The summed E-state index contributed by atoms with van der Waals surface area (Å²) in [7, 11) is -3.93. The van der Waals surface area contributed by atoms with Crippen molar-refractivity contribution in [2.24, 2.45) is 0 Å². The van der Waals surface area contributed by atoms with Crippen molar-refractivity contribution in [3.8, 4) is 0 Å². The molecule has 0 unspecified atom stereocenters. The fourth-order valence-electron chi connectivity index (χ4n) is 4.10. The summed E-state index contributed by atoms with van der Waals surface area (Å²) in [6.45, 7) is 9.26. The summed E-state index contributed by atoms with van der Waals surface area (Å²) in [6.07, 6.45) is -3.42. The van der Waals surface area contributed by atoms with Gasteiger partial charge in [0, 0.05) is 25.0 Å². The minimum atomic E-state index is -4.63. The van der Waals surface area contributed by atoms with Crippen molar-refractivity contribution >= 4 is 27.5 Å². The summed E-state index contributed by atoms with van der Waals surface area (Å²) in [5, 5.41) is 2.92. The van der Waals surface area contributed by atoms with Crippen LogP contribution in [0.25, 0.3) is 0 Å². The molecule has 7 nitrogen and oxygen atoms in total. The average molecular weight is 570 g/mol. The molecule has 216 valence electrons. The van der Waals surface area contributed by atoms with Crippen molar-refractivity contribution in [1.29, 1.82) is 0 Å². The van der Waals surface area contributed by atoms with E-state index in [9.17, 15) is 31.2 Å². The normalized spacial score (nSPS) is 13.1. The van der Waals surface area contributed by atoms with Crippen LogP contribution in [0.2, 0.25) is 0 Å². The third-order valence-electron chi connectivity index (χ3n) is 5.97. The summed E-state index contributed by atoms with van der Waals surface area (Å²) < 4.78 is 65.4. The topological polar surface area (TPSA) is 86.8 Å². The second kappa shape index (κ2) is 12.8. The van der Waals surface area contributed by atoms with Gasteiger partial charge in [-0.2, -0.15) is 13.2 Å². The number of rotatable bonds is 11. The van der Waals surface area contributed by atoms with E-state index >= 15 is 0 Å². The number of anilines is 1. The summed E-state index contributed by atoms with van der Waals surface area (Å²) in [5.41, 5.74) is 0.267. The third kappa shape index (κ3) is 9.87. The van der Waals surface area contributed by atoms with Gasteiger partial charge in [0.1, 0.15) is 6.04 Å². The minimum Gasteiger partial charge on any atom is -0.350 e. The quantitative estimate of drug-likeness (QED) is 0.399. The van der Waals surface area contributed by atoms with Crippen LogP contribution in [0.1, 0.15) is 63.6 Å². The number of benzene rings is 2. The number of halogens is 3. The monoisotopic (exact) mass is 569 g/mol. The summed E-state index contributed by atoms with van der Waals surface area (Å²) in [6, 6.07) is 10.9. The molecule has 0 saturated carbocycles. The van der Waals surface area contributed by atoms with Crippen molar-refractivity contribution in [3.05, 3.63) is 65.2 Å². The average Bonchev–Trinajstić information content (AvgIpc) is 2.80. The van der Waals surface area contributed by atoms with E-state index < -0.39 is 33.3 Å². The number of nitrogens with zero attached hydrogens (tertiary/aromatic N) is 2. The van der Waals surface area contributed by atoms with Gasteiger partial charge in [0.15, 0.2) is 0 Å². The van der Waals surface area contributed by atoms with Crippen LogP contribution in [0.4, 0.5) is 18.9 Å². The lowest BCUT2D eigenvalue weighted by atomic mass is 10.0. The van der Waals surface area contributed by atoms with Crippen molar-refractivity contribution < 1.29 is 31.2 Å². The molecule has 2 aromatic rings. The van der Waals surface area contributed by atoms with Crippen LogP contribution in [0.5, 0.6) is 0 Å². The largest absolute Gasteiger partial charge is 0.416 e. The van der Waals surface area contributed by atoms with Gasteiger partial charge >= 0.3 is 6.18 Å². The Labute approximate surface area is 229 Å². The molecule has 39 heavy (non-hydrogen) atoms. The van der Waals surface area contributed by atoms with E-state index in [4.69, 9.17) is 0 Å². The number of sulfonamides is 1. The Kier molecular flexibility index (Phi) is 10.6. The van der Waals surface area contributed by atoms with Gasteiger partial charge in [-0.3, -0.25) is 13.9 Å². The van der Waals surface area contributed by atoms with E-state index in [1.54, 1.807) is 6.92 Å². The molecule has 0 heterocycles. The molecule has 0 saturated heterocycles. The van der Waals surface area contributed by atoms with Crippen LogP contribution in [-0.2, 0) is 32.3 Å². The second-order valence-electron chi connectivity index (χ2n) is 10.7. The van der Waals surface area contributed by atoms with E-state index in [1.807, 2.05) is 52.0 Å². The Morgan fingerprint density at radius 2 is 1.64 bits per heavy atom. The lowest BCUT2D eigenvalue weighted by Gasteiger charge is -2.33. The Balaban J connectivity index is 2.27. The number of carbonyl (C=O) groups excluding carboxylic acids is 2. The maximum Gasteiger partial charge on any atom is 0.416 e. The number of aryl methyl sites for hydroxylation is 1. The predicted octanol–water partition coefficient (Wildman–Crippen LogP) is 5.28. The van der Waals surface area contributed by atoms with Crippen LogP contribution < -0.4 is 9.62 Å². The summed E-state index contributed by atoms with van der Waals surface area (Å²) >= 11 is 0. The molecule has 0 fully saturated rings. The van der Waals surface area contributed by atoms with Gasteiger partial charge in [0.25, 0.3) is 0 Å². The number of carbonyl (C=O) groups is 2. The molecule has 2 amide bonds. The number of nitrogens with one attached hydrogen (secondary N) is 1. The second-order valence-corrected chi connectivity index (χ2v) is 12.6. The SMILES string of the molecule is CC[C@@H](C(=O)NC(C)(C)C)N(Cc1ccc(C)cc1)C(=O)CCCN(c1cccc(C(F)(F)F)c1)S(C)(=O)=O. The molecule has 0 spiro atoms.